The van der Waals surface area contributed by atoms with Gasteiger partial charge < -0.3 is 10.4 Å². The number of fused-ring (bicyclic) bond motifs is 1. The molecule has 0 aromatic heterocycles. The summed E-state index contributed by atoms with van der Waals surface area (Å²) < 4.78 is 0. The van der Waals surface area contributed by atoms with E-state index < -0.39 is 0 Å². The Hall–Kier alpha value is -1.06. The number of nitrogens with zero attached hydrogens (tertiary/aromatic N) is 2. The molecule has 0 radical (unpaired) electrons. The molecule has 4 nitrogen and oxygen atoms in total. The van der Waals surface area contributed by atoms with Crippen LogP contribution in [0.15, 0.2) is 10.3 Å². The van der Waals surface area contributed by atoms with Gasteiger partial charge in [-0.25, -0.2) is 0 Å². The summed E-state index contributed by atoms with van der Waals surface area (Å²) in [5, 5.41) is 24.2. The van der Waals surface area contributed by atoms with Crippen LogP contribution in [0.5, 0.6) is 0 Å². The third-order valence-electron chi connectivity index (χ3n) is 4.02. The lowest BCUT2D eigenvalue weighted by atomic mass is 9.88. The maximum Gasteiger partial charge on any atom is 0.0665 e. The molecular formula is C10H16N2O2. The molecule has 3 atom stereocenters. The minimum Gasteiger partial charge on any atom is -0.411 e. The van der Waals surface area contributed by atoms with Gasteiger partial charge in [0.25, 0.3) is 0 Å². The SMILES string of the molecule is C/C(=N/O)[C@@H]1/C(=N\O)C[C@@H]2[C@H]1C2(C)C. The molecular weight excluding hydrogens is 180 g/mol. The predicted molar refractivity (Wildman–Crippen MR) is 53.0 cm³/mol. The van der Waals surface area contributed by atoms with Crippen LogP contribution >= 0.6 is 0 Å². The highest BCUT2D eigenvalue weighted by Gasteiger charge is 2.67. The van der Waals surface area contributed by atoms with Gasteiger partial charge in [0, 0.05) is 5.92 Å². The average molecular weight is 196 g/mol. The molecule has 0 aromatic rings. The topological polar surface area (TPSA) is 65.2 Å². The van der Waals surface area contributed by atoms with Crippen molar-refractivity contribution in [1.29, 1.82) is 0 Å². The van der Waals surface area contributed by atoms with E-state index >= 15 is 0 Å². The van der Waals surface area contributed by atoms with Gasteiger partial charge in [-0.1, -0.05) is 24.2 Å². The first-order valence-corrected chi connectivity index (χ1v) is 4.93. The number of hydrogen-bond donors (Lipinski definition) is 2. The Kier molecular flexibility index (Phi) is 1.84. The maximum atomic E-state index is 8.84. The van der Waals surface area contributed by atoms with Crippen LogP contribution in [0.1, 0.15) is 27.2 Å². The Balaban J connectivity index is 2.28. The van der Waals surface area contributed by atoms with E-state index in [2.05, 4.69) is 24.2 Å². The first-order chi connectivity index (χ1) is 6.54. The van der Waals surface area contributed by atoms with Crippen LogP contribution < -0.4 is 0 Å². The third-order valence-corrected chi connectivity index (χ3v) is 4.02. The second-order valence-electron chi connectivity index (χ2n) is 4.97. The Morgan fingerprint density at radius 3 is 2.57 bits per heavy atom. The van der Waals surface area contributed by atoms with E-state index in [1.54, 1.807) is 6.92 Å². The molecule has 2 saturated carbocycles. The van der Waals surface area contributed by atoms with Gasteiger partial charge in [-0.05, 0) is 30.6 Å². The van der Waals surface area contributed by atoms with Crippen molar-refractivity contribution in [3.05, 3.63) is 0 Å². The summed E-state index contributed by atoms with van der Waals surface area (Å²) in [5.74, 6) is 1.13. The van der Waals surface area contributed by atoms with Crippen molar-refractivity contribution in [1.82, 2.24) is 0 Å². The zero-order chi connectivity index (χ0) is 10.5. The molecule has 0 saturated heterocycles. The largest absolute Gasteiger partial charge is 0.411 e. The summed E-state index contributed by atoms with van der Waals surface area (Å²) in [6.07, 6.45) is 0.839. The van der Waals surface area contributed by atoms with Crippen molar-refractivity contribution in [2.45, 2.75) is 27.2 Å². The monoisotopic (exact) mass is 196 g/mol. The molecule has 2 N–H and O–H groups in total. The van der Waals surface area contributed by atoms with Gasteiger partial charge in [-0.2, -0.15) is 0 Å². The summed E-state index contributed by atoms with van der Waals surface area (Å²) >= 11 is 0. The number of rotatable bonds is 1. The average Bonchev–Trinajstić information content (AvgIpc) is 2.57. The van der Waals surface area contributed by atoms with Crippen LogP contribution in [-0.4, -0.2) is 21.8 Å². The van der Waals surface area contributed by atoms with Gasteiger partial charge in [-0.3, -0.25) is 0 Å². The second-order valence-corrected chi connectivity index (χ2v) is 4.97. The zero-order valence-corrected chi connectivity index (χ0v) is 8.73. The van der Waals surface area contributed by atoms with Crippen LogP contribution in [-0.2, 0) is 0 Å². The molecule has 2 fully saturated rings. The van der Waals surface area contributed by atoms with Crippen molar-refractivity contribution in [3.8, 4) is 0 Å². The van der Waals surface area contributed by atoms with E-state index in [0.29, 0.717) is 23.0 Å². The molecule has 2 aliphatic rings. The Bertz CT molecular complexity index is 320. The molecule has 2 aliphatic carbocycles. The van der Waals surface area contributed by atoms with Crippen LogP contribution in [0.4, 0.5) is 0 Å². The van der Waals surface area contributed by atoms with E-state index in [4.69, 9.17) is 10.4 Å². The van der Waals surface area contributed by atoms with Crippen LogP contribution in [0.3, 0.4) is 0 Å². The zero-order valence-electron chi connectivity index (χ0n) is 8.73. The van der Waals surface area contributed by atoms with Gasteiger partial charge in [0.15, 0.2) is 0 Å². The van der Waals surface area contributed by atoms with Gasteiger partial charge in [0.1, 0.15) is 0 Å². The Morgan fingerprint density at radius 2 is 2.07 bits per heavy atom. The first kappa shape index (κ1) is 9.49. The van der Waals surface area contributed by atoms with Crippen LogP contribution in [0.2, 0.25) is 0 Å². The lowest BCUT2D eigenvalue weighted by Crippen LogP contribution is -2.24. The summed E-state index contributed by atoms with van der Waals surface area (Å²) in [6.45, 7) is 6.22. The van der Waals surface area contributed by atoms with E-state index in [9.17, 15) is 0 Å². The highest BCUT2D eigenvalue weighted by Crippen LogP contribution is 2.68. The molecule has 0 bridgehead atoms. The molecule has 78 valence electrons. The molecule has 2 rings (SSSR count). The Labute approximate surface area is 83.3 Å². The number of hydrogen-bond acceptors (Lipinski definition) is 4. The standard InChI is InChI=1S/C10H16N2O2/c1-5(11-13)8-7(12-14)4-6-9(8)10(6,2)3/h6,8-9,13-14H,4H2,1-3H3/b11-5-,12-7-/t6-,8-,9-/m1/s1. The van der Waals surface area contributed by atoms with Crippen molar-refractivity contribution in [3.63, 3.8) is 0 Å². The smallest absolute Gasteiger partial charge is 0.0665 e. The molecule has 0 unspecified atom stereocenters. The lowest BCUT2D eigenvalue weighted by molar-refractivity contribution is 0.308. The molecule has 0 spiro atoms. The van der Waals surface area contributed by atoms with Crippen molar-refractivity contribution >= 4 is 11.4 Å². The summed E-state index contributed by atoms with van der Waals surface area (Å²) in [4.78, 5) is 0. The maximum absolute atomic E-state index is 8.84. The normalized spacial score (nSPS) is 42.6. The molecule has 0 heterocycles. The first-order valence-electron chi connectivity index (χ1n) is 4.93. The number of oxime groups is 2. The van der Waals surface area contributed by atoms with Gasteiger partial charge in [0.2, 0.25) is 0 Å². The third kappa shape index (κ3) is 0.996. The molecule has 0 amide bonds. The summed E-state index contributed by atoms with van der Waals surface area (Å²) in [5.41, 5.74) is 1.75. The highest BCUT2D eigenvalue weighted by atomic mass is 16.4. The fraction of sp³-hybridized carbons (Fsp3) is 0.800. The van der Waals surface area contributed by atoms with E-state index in [0.717, 1.165) is 12.1 Å². The van der Waals surface area contributed by atoms with Crippen molar-refractivity contribution in [2.75, 3.05) is 0 Å². The van der Waals surface area contributed by atoms with Crippen LogP contribution in [0.25, 0.3) is 0 Å². The van der Waals surface area contributed by atoms with Crippen LogP contribution in [0, 0.1) is 23.2 Å². The van der Waals surface area contributed by atoms with Gasteiger partial charge in [0.05, 0.1) is 11.4 Å². The fourth-order valence-corrected chi connectivity index (χ4v) is 3.06. The van der Waals surface area contributed by atoms with E-state index in [1.165, 1.54) is 0 Å². The van der Waals surface area contributed by atoms with E-state index in [-0.39, 0.29) is 5.92 Å². The van der Waals surface area contributed by atoms with Gasteiger partial charge >= 0.3 is 0 Å². The minimum absolute atomic E-state index is 0.0463. The predicted octanol–water partition coefficient (Wildman–Crippen LogP) is 1.96. The molecule has 4 heteroatoms. The van der Waals surface area contributed by atoms with Gasteiger partial charge in [-0.15, -0.1) is 0 Å². The van der Waals surface area contributed by atoms with Crippen molar-refractivity contribution < 1.29 is 10.4 Å². The Morgan fingerprint density at radius 1 is 1.43 bits per heavy atom. The van der Waals surface area contributed by atoms with Crippen molar-refractivity contribution in [2.24, 2.45) is 33.5 Å². The highest BCUT2D eigenvalue weighted by molar-refractivity contribution is 6.09. The summed E-state index contributed by atoms with van der Waals surface area (Å²) in [7, 11) is 0. The molecule has 0 aromatic carbocycles. The second kappa shape index (κ2) is 2.72. The minimum atomic E-state index is 0.0463. The lowest BCUT2D eigenvalue weighted by Gasteiger charge is -2.17. The molecule has 0 aliphatic heterocycles. The van der Waals surface area contributed by atoms with E-state index in [1.807, 2.05) is 0 Å². The molecule has 14 heavy (non-hydrogen) atoms. The summed E-state index contributed by atoms with van der Waals surface area (Å²) in [6, 6.07) is 0. The fourth-order valence-electron chi connectivity index (χ4n) is 3.06. The quantitative estimate of drug-likeness (QED) is 0.382.